The van der Waals surface area contributed by atoms with Crippen molar-refractivity contribution in [2.24, 2.45) is 0 Å². The lowest BCUT2D eigenvalue weighted by Gasteiger charge is -2.23. The van der Waals surface area contributed by atoms with Crippen molar-refractivity contribution in [3.63, 3.8) is 0 Å². The van der Waals surface area contributed by atoms with Crippen LogP contribution in [0.15, 0.2) is 36.5 Å². The van der Waals surface area contributed by atoms with Gasteiger partial charge in [0.15, 0.2) is 0 Å². The SMILES string of the molecule is COc1ccc(NC(=O)c2ccc(NC3CCCCC3)nc2)c(OC)c1. The molecule has 0 aliphatic heterocycles. The zero-order valence-corrected chi connectivity index (χ0v) is 15.2. The zero-order chi connectivity index (χ0) is 18.4. The highest BCUT2D eigenvalue weighted by atomic mass is 16.5. The normalized spacial score (nSPS) is 14.5. The number of carbonyl (C=O) groups excluding carboxylic acids is 1. The Morgan fingerprint density at radius 1 is 1.08 bits per heavy atom. The lowest BCUT2D eigenvalue weighted by molar-refractivity contribution is 0.102. The number of hydrogen-bond acceptors (Lipinski definition) is 5. The number of anilines is 2. The second-order valence-corrected chi connectivity index (χ2v) is 6.43. The molecular weight excluding hydrogens is 330 g/mol. The first-order valence-corrected chi connectivity index (χ1v) is 8.95. The first-order valence-electron chi connectivity index (χ1n) is 8.95. The van der Waals surface area contributed by atoms with Crippen molar-refractivity contribution in [3.05, 3.63) is 42.1 Å². The van der Waals surface area contributed by atoms with Crippen molar-refractivity contribution < 1.29 is 14.3 Å². The van der Waals surface area contributed by atoms with Crippen LogP contribution in [0.2, 0.25) is 0 Å². The van der Waals surface area contributed by atoms with Gasteiger partial charge in [-0.1, -0.05) is 19.3 Å². The van der Waals surface area contributed by atoms with Gasteiger partial charge in [-0.15, -0.1) is 0 Å². The van der Waals surface area contributed by atoms with E-state index >= 15 is 0 Å². The number of methoxy groups -OCH3 is 2. The molecule has 2 aromatic rings. The van der Waals surface area contributed by atoms with Crippen LogP contribution in [0.5, 0.6) is 11.5 Å². The van der Waals surface area contributed by atoms with Gasteiger partial charge in [-0.05, 0) is 37.1 Å². The molecule has 1 heterocycles. The summed E-state index contributed by atoms with van der Waals surface area (Å²) in [5.74, 6) is 1.79. The molecule has 1 aromatic carbocycles. The van der Waals surface area contributed by atoms with Crippen molar-refractivity contribution in [2.45, 2.75) is 38.1 Å². The van der Waals surface area contributed by atoms with Crippen LogP contribution in [-0.4, -0.2) is 31.2 Å². The number of rotatable bonds is 6. The minimum Gasteiger partial charge on any atom is -0.497 e. The molecule has 0 saturated heterocycles. The summed E-state index contributed by atoms with van der Waals surface area (Å²) in [5, 5.41) is 6.30. The van der Waals surface area contributed by atoms with E-state index in [0.29, 0.717) is 28.8 Å². The second kappa shape index (κ2) is 8.56. The molecule has 3 rings (SSSR count). The Balaban J connectivity index is 1.64. The van der Waals surface area contributed by atoms with Crippen LogP contribution in [0.4, 0.5) is 11.5 Å². The van der Waals surface area contributed by atoms with Crippen LogP contribution in [-0.2, 0) is 0 Å². The molecule has 2 N–H and O–H groups in total. The molecule has 0 unspecified atom stereocenters. The largest absolute Gasteiger partial charge is 0.497 e. The molecule has 0 atom stereocenters. The van der Waals surface area contributed by atoms with Gasteiger partial charge >= 0.3 is 0 Å². The molecular formula is C20H25N3O3. The van der Waals surface area contributed by atoms with E-state index in [-0.39, 0.29) is 5.91 Å². The standard InChI is InChI=1S/C20H25N3O3/c1-25-16-9-10-17(18(12-16)26-2)23-20(24)14-8-11-19(21-13-14)22-15-6-4-3-5-7-15/h8-13,15H,3-7H2,1-2H3,(H,21,22)(H,23,24). The molecule has 1 amide bonds. The molecule has 1 aliphatic carbocycles. The summed E-state index contributed by atoms with van der Waals surface area (Å²) in [6.45, 7) is 0. The third-order valence-electron chi connectivity index (χ3n) is 4.64. The first-order chi connectivity index (χ1) is 12.7. The fourth-order valence-electron chi connectivity index (χ4n) is 3.17. The van der Waals surface area contributed by atoms with Crippen LogP contribution in [0.3, 0.4) is 0 Å². The third-order valence-corrected chi connectivity index (χ3v) is 4.64. The van der Waals surface area contributed by atoms with Crippen molar-refractivity contribution in [1.29, 1.82) is 0 Å². The summed E-state index contributed by atoms with van der Waals surface area (Å²) in [6, 6.07) is 9.37. The third kappa shape index (κ3) is 4.45. The van der Waals surface area contributed by atoms with Crippen LogP contribution in [0, 0.1) is 0 Å². The maximum atomic E-state index is 12.5. The fourth-order valence-corrected chi connectivity index (χ4v) is 3.17. The van der Waals surface area contributed by atoms with E-state index in [1.807, 2.05) is 6.07 Å². The van der Waals surface area contributed by atoms with Crippen molar-refractivity contribution >= 4 is 17.4 Å². The van der Waals surface area contributed by atoms with E-state index in [9.17, 15) is 4.79 Å². The number of pyridine rings is 1. The predicted molar refractivity (Wildman–Crippen MR) is 102 cm³/mol. The van der Waals surface area contributed by atoms with E-state index in [4.69, 9.17) is 9.47 Å². The Morgan fingerprint density at radius 2 is 1.88 bits per heavy atom. The highest BCUT2D eigenvalue weighted by Gasteiger charge is 2.14. The Morgan fingerprint density at radius 3 is 2.54 bits per heavy atom. The average molecular weight is 355 g/mol. The molecule has 1 aromatic heterocycles. The summed E-state index contributed by atoms with van der Waals surface area (Å²) in [7, 11) is 3.14. The summed E-state index contributed by atoms with van der Waals surface area (Å²) >= 11 is 0. The Bertz CT molecular complexity index is 740. The van der Waals surface area contributed by atoms with Gasteiger partial charge in [0, 0.05) is 18.3 Å². The lowest BCUT2D eigenvalue weighted by Crippen LogP contribution is -2.23. The summed E-state index contributed by atoms with van der Waals surface area (Å²) in [6.07, 6.45) is 7.81. The average Bonchev–Trinajstić information content (AvgIpc) is 2.69. The van der Waals surface area contributed by atoms with Gasteiger partial charge in [0.1, 0.15) is 17.3 Å². The highest BCUT2D eigenvalue weighted by molar-refractivity contribution is 6.05. The molecule has 1 fully saturated rings. The number of nitrogens with one attached hydrogen (secondary N) is 2. The molecule has 1 aliphatic rings. The molecule has 0 spiro atoms. The minimum atomic E-state index is -0.231. The Labute approximate surface area is 153 Å². The van der Waals surface area contributed by atoms with E-state index in [1.165, 1.54) is 32.1 Å². The minimum absolute atomic E-state index is 0.231. The fraction of sp³-hybridized carbons (Fsp3) is 0.400. The molecule has 6 nitrogen and oxygen atoms in total. The summed E-state index contributed by atoms with van der Waals surface area (Å²) < 4.78 is 10.5. The van der Waals surface area contributed by atoms with Gasteiger partial charge in [-0.3, -0.25) is 4.79 Å². The van der Waals surface area contributed by atoms with Gasteiger partial charge in [0.05, 0.1) is 25.5 Å². The molecule has 138 valence electrons. The van der Waals surface area contributed by atoms with Crippen LogP contribution >= 0.6 is 0 Å². The molecule has 0 bridgehead atoms. The monoisotopic (exact) mass is 355 g/mol. The van der Waals surface area contributed by atoms with Crippen LogP contribution < -0.4 is 20.1 Å². The number of nitrogens with zero attached hydrogens (tertiary/aromatic N) is 1. The van der Waals surface area contributed by atoms with Gasteiger partial charge in [0.25, 0.3) is 5.91 Å². The van der Waals surface area contributed by atoms with Gasteiger partial charge < -0.3 is 20.1 Å². The molecule has 1 saturated carbocycles. The van der Waals surface area contributed by atoms with Crippen molar-refractivity contribution in [2.75, 3.05) is 24.9 Å². The Hall–Kier alpha value is -2.76. The smallest absolute Gasteiger partial charge is 0.257 e. The van der Waals surface area contributed by atoms with Gasteiger partial charge in [-0.25, -0.2) is 4.98 Å². The number of ether oxygens (including phenoxy) is 2. The van der Waals surface area contributed by atoms with Crippen molar-refractivity contribution in [1.82, 2.24) is 4.98 Å². The van der Waals surface area contributed by atoms with E-state index in [0.717, 1.165) is 5.82 Å². The second-order valence-electron chi connectivity index (χ2n) is 6.43. The van der Waals surface area contributed by atoms with Crippen LogP contribution in [0.1, 0.15) is 42.5 Å². The topological polar surface area (TPSA) is 72.5 Å². The molecule has 26 heavy (non-hydrogen) atoms. The highest BCUT2D eigenvalue weighted by Crippen LogP contribution is 2.29. The summed E-state index contributed by atoms with van der Waals surface area (Å²) in [4.78, 5) is 16.9. The Kier molecular flexibility index (Phi) is 5.94. The summed E-state index contributed by atoms with van der Waals surface area (Å²) in [5.41, 5.74) is 1.08. The van der Waals surface area contributed by atoms with Gasteiger partial charge in [-0.2, -0.15) is 0 Å². The van der Waals surface area contributed by atoms with Crippen molar-refractivity contribution in [3.8, 4) is 11.5 Å². The molecule has 6 heteroatoms. The molecule has 0 radical (unpaired) electrons. The van der Waals surface area contributed by atoms with E-state index in [2.05, 4.69) is 15.6 Å². The maximum Gasteiger partial charge on any atom is 0.257 e. The first kappa shape index (κ1) is 18.0. The van der Waals surface area contributed by atoms with Gasteiger partial charge in [0.2, 0.25) is 0 Å². The number of benzene rings is 1. The quantitative estimate of drug-likeness (QED) is 0.816. The van der Waals surface area contributed by atoms with Crippen LogP contribution in [0.25, 0.3) is 0 Å². The lowest BCUT2D eigenvalue weighted by atomic mass is 9.95. The van der Waals surface area contributed by atoms with E-state index in [1.54, 1.807) is 44.7 Å². The number of amides is 1. The number of carbonyl (C=O) groups is 1. The predicted octanol–water partition coefficient (Wildman–Crippen LogP) is 4.10. The van der Waals surface area contributed by atoms with E-state index < -0.39 is 0 Å². The number of aromatic nitrogens is 1. The zero-order valence-electron chi connectivity index (χ0n) is 15.2. The maximum absolute atomic E-state index is 12.5. The number of hydrogen-bond donors (Lipinski definition) is 2.